The first kappa shape index (κ1) is 27.0. The van der Waals surface area contributed by atoms with Crippen LogP contribution in [0.15, 0.2) is 54.6 Å². The lowest BCUT2D eigenvalue weighted by Gasteiger charge is -2.21. The van der Waals surface area contributed by atoms with E-state index < -0.39 is 12.1 Å². The molecule has 0 aromatic heterocycles. The Morgan fingerprint density at radius 1 is 0.941 bits per heavy atom. The third-order valence-corrected chi connectivity index (χ3v) is 7.35. The largest absolute Gasteiger partial charge is 0.506 e. The van der Waals surface area contributed by atoms with Crippen LogP contribution in [0.4, 0.5) is 10.5 Å². The number of halogens is 3. The number of carbonyl (C=O) groups excluding carboxylic acids is 2. The number of anilines is 1. The zero-order valence-corrected chi connectivity index (χ0v) is 25.0. The molecule has 0 aliphatic heterocycles. The zero-order chi connectivity index (χ0) is 24.8. The van der Waals surface area contributed by atoms with Crippen LogP contribution >= 0.6 is 67.8 Å². The van der Waals surface area contributed by atoms with Gasteiger partial charge in [0.25, 0.3) is 0 Å². The molecular formula is C25H23I3N2O4. The second-order valence-corrected chi connectivity index (χ2v) is 11.3. The van der Waals surface area contributed by atoms with Gasteiger partial charge in [-0.1, -0.05) is 30.3 Å². The number of ether oxygens (including phenoxy) is 1. The first-order valence-corrected chi connectivity index (χ1v) is 13.6. The Bertz CT molecular complexity index is 1160. The molecule has 0 radical (unpaired) electrons. The van der Waals surface area contributed by atoms with Crippen LogP contribution in [0, 0.1) is 24.6 Å². The van der Waals surface area contributed by atoms with E-state index in [0.29, 0.717) is 7.14 Å². The van der Waals surface area contributed by atoms with Crippen LogP contribution in [0.2, 0.25) is 0 Å². The van der Waals surface area contributed by atoms with Gasteiger partial charge >= 0.3 is 6.09 Å². The SMILES string of the molecule is Cc1cc(I)cc(C)c1NC(=O)[C@@H](Cc1cc(I)c(O)c(I)c1)NC(=O)OCc1ccccc1. The van der Waals surface area contributed by atoms with E-state index in [-0.39, 0.29) is 24.7 Å². The van der Waals surface area contributed by atoms with Gasteiger partial charge in [0.15, 0.2) is 0 Å². The van der Waals surface area contributed by atoms with Crippen LogP contribution in [0.5, 0.6) is 5.75 Å². The quantitative estimate of drug-likeness (QED) is 0.245. The third-order valence-electron chi connectivity index (χ3n) is 5.08. The number of alkyl carbamates (subject to hydrolysis) is 1. The lowest BCUT2D eigenvalue weighted by atomic mass is 10.0. The summed E-state index contributed by atoms with van der Waals surface area (Å²) in [5, 5.41) is 15.8. The summed E-state index contributed by atoms with van der Waals surface area (Å²) in [4.78, 5) is 25.9. The molecule has 9 heteroatoms. The smallest absolute Gasteiger partial charge is 0.408 e. The number of phenolic OH excluding ortho intramolecular Hbond substituents is 1. The molecule has 3 rings (SSSR count). The van der Waals surface area contributed by atoms with Crippen molar-refractivity contribution in [2.24, 2.45) is 0 Å². The maximum Gasteiger partial charge on any atom is 0.408 e. The zero-order valence-electron chi connectivity index (χ0n) is 18.5. The van der Waals surface area contributed by atoms with Gasteiger partial charge < -0.3 is 20.5 Å². The molecule has 6 nitrogen and oxygen atoms in total. The minimum absolute atomic E-state index is 0.103. The highest BCUT2D eigenvalue weighted by atomic mass is 127. The van der Waals surface area contributed by atoms with Gasteiger partial charge in [-0.2, -0.15) is 0 Å². The molecule has 0 bridgehead atoms. The Hall–Kier alpha value is -1.61. The molecule has 0 aliphatic rings. The van der Waals surface area contributed by atoms with Gasteiger partial charge in [-0.3, -0.25) is 4.79 Å². The molecule has 34 heavy (non-hydrogen) atoms. The van der Waals surface area contributed by atoms with Gasteiger partial charge in [-0.25, -0.2) is 4.79 Å². The molecule has 0 unspecified atom stereocenters. The minimum atomic E-state index is -0.877. The lowest BCUT2D eigenvalue weighted by Crippen LogP contribution is -2.45. The van der Waals surface area contributed by atoms with Crippen molar-refractivity contribution in [3.05, 3.63) is 87.6 Å². The minimum Gasteiger partial charge on any atom is -0.506 e. The van der Waals surface area contributed by atoms with Gasteiger partial charge in [0.2, 0.25) is 5.91 Å². The molecule has 0 heterocycles. The molecule has 178 valence electrons. The molecule has 0 spiro atoms. The van der Waals surface area contributed by atoms with Crippen LogP contribution in [-0.4, -0.2) is 23.1 Å². The fraction of sp³-hybridized carbons (Fsp3) is 0.200. The van der Waals surface area contributed by atoms with Gasteiger partial charge in [0.05, 0.1) is 7.14 Å². The number of benzene rings is 3. The number of hydrogen-bond donors (Lipinski definition) is 3. The van der Waals surface area contributed by atoms with Crippen LogP contribution in [0.1, 0.15) is 22.3 Å². The van der Waals surface area contributed by atoms with E-state index in [1.54, 1.807) is 12.1 Å². The fourth-order valence-electron chi connectivity index (χ4n) is 3.41. The standard InChI is InChI=1S/C25H23I3N2O4/c1-14-8-18(26)9-15(2)22(14)30-24(32)21(12-17-10-19(27)23(31)20(28)11-17)29-25(33)34-13-16-6-4-3-5-7-16/h3-11,21,31H,12-13H2,1-2H3,(H,29,33)(H,30,32)/t21-/m1/s1. The number of aromatic hydroxyl groups is 1. The van der Waals surface area contributed by atoms with Crippen molar-refractivity contribution >= 4 is 85.5 Å². The normalized spacial score (nSPS) is 11.6. The van der Waals surface area contributed by atoms with E-state index in [4.69, 9.17) is 4.74 Å². The van der Waals surface area contributed by atoms with Crippen molar-refractivity contribution in [3.63, 3.8) is 0 Å². The van der Waals surface area contributed by atoms with Crippen molar-refractivity contribution < 1.29 is 19.4 Å². The Morgan fingerprint density at radius 2 is 1.53 bits per heavy atom. The highest BCUT2D eigenvalue weighted by molar-refractivity contribution is 14.1. The van der Waals surface area contributed by atoms with E-state index >= 15 is 0 Å². The Labute approximate surface area is 239 Å². The number of aryl methyl sites for hydroxylation is 2. The Balaban J connectivity index is 1.80. The first-order valence-electron chi connectivity index (χ1n) is 10.4. The van der Waals surface area contributed by atoms with Gasteiger partial charge in [-0.15, -0.1) is 0 Å². The molecule has 0 saturated carbocycles. The van der Waals surface area contributed by atoms with Crippen LogP contribution in [-0.2, 0) is 22.6 Å². The molecule has 3 aromatic carbocycles. The number of rotatable bonds is 7. The molecule has 3 aromatic rings. The molecular weight excluding hydrogens is 773 g/mol. The topological polar surface area (TPSA) is 87.7 Å². The lowest BCUT2D eigenvalue weighted by molar-refractivity contribution is -0.118. The van der Waals surface area contributed by atoms with Crippen LogP contribution < -0.4 is 10.6 Å². The average molecular weight is 796 g/mol. The van der Waals surface area contributed by atoms with Crippen molar-refractivity contribution in [2.45, 2.75) is 32.9 Å². The van der Waals surface area contributed by atoms with Crippen molar-refractivity contribution in [1.29, 1.82) is 0 Å². The first-order chi connectivity index (χ1) is 16.1. The van der Waals surface area contributed by atoms with E-state index in [1.165, 1.54) is 0 Å². The van der Waals surface area contributed by atoms with E-state index in [0.717, 1.165) is 31.5 Å². The summed E-state index contributed by atoms with van der Waals surface area (Å²) in [6.45, 7) is 3.98. The van der Waals surface area contributed by atoms with Crippen molar-refractivity contribution in [2.75, 3.05) is 5.32 Å². The van der Waals surface area contributed by atoms with E-state index in [1.807, 2.05) is 101 Å². The van der Waals surface area contributed by atoms with E-state index in [9.17, 15) is 14.7 Å². The summed E-state index contributed by atoms with van der Waals surface area (Å²) < 4.78 is 7.79. The maximum atomic E-state index is 13.3. The van der Waals surface area contributed by atoms with Gasteiger partial charge in [0, 0.05) is 15.7 Å². The molecule has 0 saturated heterocycles. The number of hydrogen-bond acceptors (Lipinski definition) is 4. The molecule has 3 N–H and O–H groups in total. The van der Waals surface area contributed by atoms with E-state index in [2.05, 4.69) is 33.2 Å². The second kappa shape index (κ2) is 12.4. The summed E-state index contributed by atoms with van der Waals surface area (Å²) in [7, 11) is 0. The summed E-state index contributed by atoms with van der Waals surface area (Å²) in [6, 6.07) is 16.1. The van der Waals surface area contributed by atoms with Crippen LogP contribution in [0.3, 0.4) is 0 Å². The highest BCUT2D eigenvalue weighted by Gasteiger charge is 2.24. The number of nitrogens with one attached hydrogen (secondary N) is 2. The fourth-order valence-corrected chi connectivity index (χ4v) is 6.24. The Kier molecular flexibility index (Phi) is 9.83. The molecule has 0 aliphatic carbocycles. The Morgan fingerprint density at radius 3 is 2.12 bits per heavy atom. The van der Waals surface area contributed by atoms with Crippen molar-refractivity contribution in [1.82, 2.24) is 5.32 Å². The predicted molar refractivity (Wildman–Crippen MR) is 158 cm³/mol. The molecule has 2 amide bonds. The predicted octanol–water partition coefficient (Wildman–Crippen LogP) is 6.30. The molecule has 0 fully saturated rings. The number of amides is 2. The third kappa shape index (κ3) is 7.44. The second-order valence-electron chi connectivity index (χ2n) is 7.77. The van der Waals surface area contributed by atoms with Crippen LogP contribution in [0.25, 0.3) is 0 Å². The summed E-state index contributed by atoms with van der Waals surface area (Å²) in [6.07, 6.45) is -0.440. The maximum absolute atomic E-state index is 13.3. The summed E-state index contributed by atoms with van der Waals surface area (Å²) in [5.41, 5.74) is 4.27. The monoisotopic (exact) mass is 796 g/mol. The van der Waals surface area contributed by atoms with Gasteiger partial charge in [-0.05, 0) is 128 Å². The highest BCUT2D eigenvalue weighted by Crippen LogP contribution is 2.28. The average Bonchev–Trinajstić information content (AvgIpc) is 2.78. The molecule has 1 atom stereocenters. The van der Waals surface area contributed by atoms with Crippen molar-refractivity contribution in [3.8, 4) is 5.75 Å². The summed E-state index contributed by atoms with van der Waals surface area (Å²) >= 11 is 6.33. The number of phenols is 1. The number of carbonyl (C=O) groups is 2. The summed E-state index contributed by atoms with van der Waals surface area (Å²) in [5.74, 6) is -0.145. The van der Waals surface area contributed by atoms with Gasteiger partial charge in [0.1, 0.15) is 18.4 Å².